The van der Waals surface area contributed by atoms with E-state index in [9.17, 15) is 13.6 Å². The Morgan fingerprint density at radius 3 is 2.56 bits per heavy atom. The summed E-state index contributed by atoms with van der Waals surface area (Å²) in [5.74, 6) is -2.80. The van der Waals surface area contributed by atoms with E-state index in [1.165, 1.54) is 25.7 Å². The number of hydrogen-bond acceptors (Lipinski definition) is 2. The van der Waals surface area contributed by atoms with Gasteiger partial charge < -0.3 is 11.1 Å². The highest BCUT2D eigenvalue weighted by molar-refractivity contribution is 5.78. The molecule has 0 heterocycles. The molecule has 0 bridgehead atoms. The molecule has 106 valence electrons. The number of hydrogen-bond donors (Lipinski definition) is 2. The average Bonchev–Trinajstić information content (AvgIpc) is 2.86. The molecule has 3 N–H and O–H groups in total. The Labute approximate surface area is 107 Å². The lowest BCUT2D eigenvalue weighted by molar-refractivity contribution is -0.127. The summed E-state index contributed by atoms with van der Waals surface area (Å²) in [7, 11) is 0. The van der Waals surface area contributed by atoms with E-state index < -0.39 is 19.0 Å². The Morgan fingerprint density at radius 2 is 2.06 bits per heavy atom. The molecule has 1 unspecified atom stereocenters. The van der Waals surface area contributed by atoms with Crippen molar-refractivity contribution in [3.05, 3.63) is 0 Å². The lowest BCUT2D eigenvalue weighted by Crippen LogP contribution is -2.43. The van der Waals surface area contributed by atoms with Crippen molar-refractivity contribution < 1.29 is 13.6 Å². The number of amides is 1. The fraction of sp³-hybridized carbons (Fsp3) is 0.923. The van der Waals surface area contributed by atoms with Crippen molar-refractivity contribution in [1.82, 2.24) is 5.32 Å². The zero-order chi connectivity index (χ0) is 13.6. The van der Waals surface area contributed by atoms with Crippen LogP contribution in [0.5, 0.6) is 0 Å². The third kappa shape index (κ3) is 4.88. The minimum absolute atomic E-state index is 0.137. The molecule has 0 saturated heterocycles. The van der Waals surface area contributed by atoms with E-state index in [1.54, 1.807) is 0 Å². The predicted octanol–water partition coefficient (Wildman–Crippen LogP) is 2.30. The number of carbonyl (C=O) groups excluding carboxylic acids is 1. The van der Waals surface area contributed by atoms with Crippen LogP contribution in [0.15, 0.2) is 0 Å². The largest absolute Gasteiger partial charge is 0.350 e. The molecule has 5 heteroatoms. The molecule has 0 aromatic heterocycles. The van der Waals surface area contributed by atoms with Crippen LogP contribution in [0.3, 0.4) is 0 Å². The summed E-state index contributed by atoms with van der Waals surface area (Å²) in [5.41, 5.74) is 4.93. The second-order valence-corrected chi connectivity index (χ2v) is 5.27. The standard InChI is InChI=1S/C13H24F2N2O/c1-2-11(7-10-5-3-4-6-10)12(18)17-9-13(14,15)8-16/h10-11H,2-9,16H2,1H3,(H,17,18). The summed E-state index contributed by atoms with van der Waals surface area (Å²) < 4.78 is 25.9. The monoisotopic (exact) mass is 262 g/mol. The maximum atomic E-state index is 12.9. The fourth-order valence-electron chi connectivity index (χ4n) is 2.54. The van der Waals surface area contributed by atoms with Crippen LogP contribution in [0.2, 0.25) is 0 Å². The van der Waals surface area contributed by atoms with Gasteiger partial charge in [-0.3, -0.25) is 4.79 Å². The molecule has 1 aliphatic rings. The summed E-state index contributed by atoms with van der Waals surface area (Å²) >= 11 is 0. The number of rotatable bonds is 7. The van der Waals surface area contributed by atoms with Crippen molar-refractivity contribution in [2.45, 2.75) is 51.4 Å². The van der Waals surface area contributed by atoms with Gasteiger partial charge in [0, 0.05) is 5.92 Å². The summed E-state index contributed by atoms with van der Waals surface area (Å²) in [6.45, 7) is 0.552. The van der Waals surface area contributed by atoms with E-state index >= 15 is 0 Å². The zero-order valence-electron chi connectivity index (χ0n) is 11.1. The van der Waals surface area contributed by atoms with Gasteiger partial charge >= 0.3 is 0 Å². The van der Waals surface area contributed by atoms with Crippen LogP contribution in [0.1, 0.15) is 45.4 Å². The molecule has 0 aromatic carbocycles. The number of carbonyl (C=O) groups is 1. The minimum Gasteiger partial charge on any atom is -0.350 e. The fourth-order valence-corrected chi connectivity index (χ4v) is 2.54. The van der Waals surface area contributed by atoms with Crippen LogP contribution in [-0.2, 0) is 4.79 Å². The van der Waals surface area contributed by atoms with Crippen molar-refractivity contribution in [2.24, 2.45) is 17.6 Å². The molecule has 0 radical (unpaired) electrons. The lowest BCUT2D eigenvalue weighted by atomic mass is 9.91. The van der Waals surface area contributed by atoms with Gasteiger partial charge in [-0.25, -0.2) is 8.78 Å². The van der Waals surface area contributed by atoms with E-state index in [0.717, 1.165) is 6.42 Å². The summed E-state index contributed by atoms with van der Waals surface area (Å²) in [6, 6.07) is 0. The Hall–Kier alpha value is -0.710. The molecular formula is C13H24F2N2O. The summed E-state index contributed by atoms with van der Waals surface area (Å²) in [5, 5.41) is 2.33. The molecule has 1 aliphatic carbocycles. The van der Waals surface area contributed by atoms with Gasteiger partial charge in [0.05, 0.1) is 13.1 Å². The number of alkyl halides is 2. The van der Waals surface area contributed by atoms with Gasteiger partial charge in [-0.2, -0.15) is 0 Å². The van der Waals surface area contributed by atoms with Crippen molar-refractivity contribution in [3.8, 4) is 0 Å². The van der Waals surface area contributed by atoms with Gasteiger partial charge in [0.15, 0.2) is 0 Å². The summed E-state index contributed by atoms with van der Waals surface area (Å²) in [4.78, 5) is 11.8. The SMILES string of the molecule is CCC(CC1CCCC1)C(=O)NCC(F)(F)CN. The molecule has 1 amide bonds. The van der Waals surface area contributed by atoms with Gasteiger partial charge in [0.1, 0.15) is 0 Å². The Bertz CT molecular complexity index is 266. The molecule has 1 atom stereocenters. The van der Waals surface area contributed by atoms with Crippen LogP contribution >= 0.6 is 0 Å². The first kappa shape index (κ1) is 15.3. The predicted molar refractivity (Wildman–Crippen MR) is 67.4 cm³/mol. The van der Waals surface area contributed by atoms with Crippen molar-refractivity contribution >= 4 is 5.91 Å². The zero-order valence-corrected chi connectivity index (χ0v) is 11.1. The number of nitrogens with one attached hydrogen (secondary N) is 1. The van der Waals surface area contributed by atoms with Crippen LogP contribution in [0.4, 0.5) is 8.78 Å². The second-order valence-electron chi connectivity index (χ2n) is 5.27. The van der Waals surface area contributed by atoms with Crippen molar-refractivity contribution in [3.63, 3.8) is 0 Å². The quantitative estimate of drug-likeness (QED) is 0.739. The first-order valence-corrected chi connectivity index (χ1v) is 6.84. The van der Waals surface area contributed by atoms with Crippen LogP contribution in [-0.4, -0.2) is 24.9 Å². The molecular weight excluding hydrogens is 238 g/mol. The second kappa shape index (κ2) is 7.02. The number of nitrogens with two attached hydrogens (primary N) is 1. The third-order valence-electron chi connectivity index (χ3n) is 3.78. The smallest absolute Gasteiger partial charge is 0.277 e. The van der Waals surface area contributed by atoms with E-state index in [2.05, 4.69) is 5.32 Å². The van der Waals surface area contributed by atoms with E-state index in [4.69, 9.17) is 5.73 Å². The topological polar surface area (TPSA) is 55.1 Å². The normalized spacial score (nSPS) is 18.9. The Morgan fingerprint density at radius 1 is 1.44 bits per heavy atom. The van der Waals surface area contributed by atoms with Gasteiger partial charge in [0.2, 0.25) is 5.91 Å². The molecule has 0 spiro atoms. The maximum absolute atomic E-state index is 12.9. The van der Waals surface area contributed by atoms with E-state index in [-0.39, 0.29) is 11.8 Å². The Balaban J connectivity index is 2.36. The van der Waals surface area contributed by atoms with Crippen LogP contribution in [0, 0.1) is 11.8 Å². The van der Waals surface area contributed by atoms with Gasteiger partial charge in [0.25, 0.3) is 5.92 Å². The molecule has 0 aliphatic heterocycles. The van der Waals surface area contributed by atoms with Crippen LogP contribution < -0.4 is 11.1 Å². The Kier molecular flexibility index (Phi) is 5.99. The van der Waals surface area contributed by atoms with Gasteiger partial charge in [-0.05, 0) is 18.8 Å². The first-order chi connectivity index (χ1) is 8.48. The molecule has 0 aromatic rings. The van der Waals surface area contributed by atoms with E-state index in [1.807, 2.05) is 6.92 Å². The number of halogens is 2. The first-order valence-electron chi connectivity index (χ1n) is 6.84. The highest BCUT2D eigenvalue weighted by atomic mass is 19.3. The summed E-state index contributed by atoms with van der Waals surface area (Å²) in [6.07, 6.45) is 6.33. The average molecular weight is 262 g/mol. The lowest BCUT2D eigenvalue weighted by Gasteiger charge is -2.20. The molecule has 3 nitrogen and oxygen atoms in total. The highest BCUT2D eigenvalue weighted by Crippen LogP contribution is 2.31. The minimum atomic E-state index is -3.00. The maximum Gasteiger partial charge on any atom is 0.277 e. The van der Waals surface area contributed by atoms with Crippen LogP contribution in [0.25, 0.3) is 0 Å². The van der Waals surface area contributed by atoms with E-state index in [0.29, 0.717) is 12.3 Å². The van der Waals surface area contributed by atoms with Gasteiger partial charge in [-0.15, -0.1) is 0 Å². The molecule has 1 fully saturated rings. The highest BCUT2D eigenvalue weighted by Gasteiger charge is 2.29. The van der Waals surface area contributed by atoms with Gasteiger partial charge in [-0.1, -0.05) is 32.6 Å². The van der Waals surface area contributed by atoms with Crippen molar-refractivity contribution in [1.29, 1.82) is 0 Å². The molecule has 1 saturated carbocycles. The van der Waals surface area contributed by atoms with Crippen molar-refractivity contribution in [2.75, 3.05) is 13.1 Å². The molecule has 18 heavy (non-hydrogen) atoms. The third-order valence-corrected chi connectivity index (χ3v) is 3.78. The molecule has 1 rings (SSSR count).